The zero-order valence-electron chi connectivity index (χ0n) is 15.7. The zero-order valence-corrected chi connectivity index (χ0v) is 15.7. The number of nitrogens with one attached hydrogen (secondary N) is 1. The Labute approximate surface area is 162 Å². The molecule has 0 saturated carbocycles. The summed E-state index contributed by atoms with van der Waals surface area (Å²) in [7, 11) is 0. The average Bonchev–Trinajstić information content (AvgIpc) is 2.99. The number of rotatable bonds is 4. The van der Waals surface area contributed by atoms with Crippen LogP contribution >= 0.6 is 0 Å². The van der Waals surface area contributed by atoms with Crippen LogP contribution in [0.2, 0.25) is 0 Å². The molecule has 1 aromatic heterocycles. The lowest BCUT2D eigenvalue weighted by atomic mass is 10.2. The first kappa shape index (κ1) is 17.8. The summed E-state index contributed by atoms with van der Waals surface area (Å²) in [6.45, 7) is 3.58. The second-order valence-electron chi connectivity index (χ2n) is 6.58. The minimum Gasteiger partial charge on any atom is -0.482 e. The molecule has 0 radical (unpaired) electrons. The molecule has 0 bridgehead atoms. The van der Waals surface area contributed by atoms with Crippen LogP contribution in [0.1, 0.15) is 11.4 Å². The van der Waals surface area contributed by atoms with Gasteiger partial charge in [-0.25, -0.2) is 4.68 Å². The van der Waals surface area contributed by atoms with E-state index in [2.05, 4.69) is 10.4 Å². The topological polar surface area (TPSA) is 76.5 Å². The Morgan fingerprint density at radius 3 is 2.61 bits per heavy atom. The van der Waals surface area contributed by atoms with Crippen LogP contribution in [0.3, 0.4) is 0 Å². The summed E-state index contributed by atoms with van der Waals surface area (Å²) in [6.07, 6.45) is 0. The number of hydrogen-bond acceptors (Lipinski definition) is 4. The van der Waals surface area contributed by atoms with Gasteiger partial charge in [-0.1, -0.05) is 30.3 Å². The summed E-state index contributed by atoms with van der Waals surface area (Å²) in [6, 6.07) is 16.9. The highest BCUT2D eigenvalue weighted by Gasteiger charge is 2.27. The maximum absolute atomic E-state index is 12.7. The van der Waals surface area contributed by atoms with Crippen molar-refractivity contribution in [1.82, 2.24) is 9.78 Å². The van der Waals surface area contributed by atoms with E-state index in [0.29, 0.717) is 22.8 Å². The highest BCUT2D eigenvalue weighted by atomic mass is 16.5. The van der Waals surface area contributed by atoms with Gasteiger partial charge in [-0.15, -0.1) is 0 Å². The van der Waals surface area contributed by atoms with Crippen molar-refractivity contribution in [3.8, 4) is 11.4 Å². The van der Waals surface area contributed by atoms with Crippen LogP contribution < -0.4 is 15.0 Å². The number of nitrogens with zero attached hydrogens (tertiary/aromatic N) is 3. The van der Waals surface area contributed by atoms with Crippen LogP contribution in [0.4, 0.5) is 11.4 Å². The maximum atomic E-state index is 12.7. The number of aromatic nitrogens is 2. The molecule has 142 valence electrons. The van der Waals surface area contributed by atoms with Crippen molar-refractivity contribution < 1.29 is 14.3 Å². The molecule has 0 aliphatic carbocycles. The minimum atomic E-state index is -0.288. The van der Waals surface area contributed by atoms with E-state index >= 15 is 0 Å². The highest BCUT2D eigenvalue weighted by Crippen LogP contribution is 2.31. The van der Waals surface area contributed by atoms with Crippen molar-refractivity contribution in [3.63, 3.8) is 0 Å². The Morgan fingerprint density at radius 1 is 1.11 bits per heavy atom. The maximum Gasteiger partial charge on any atom is 0.265 e. The van der Waals surface area contributed by atoms with Crippen LogP contribution in [0.15, 0.2) is 54.6 Å². The standard InChI is InChI=1S/C21H20N4O3/c1-14-21(15(2)25(23-14)16-8-4-3-5-9-16)22-19(26)12-24-17-10-6-7-11-18(17)28-13-20(24)27/h3-11H,12-13H2,1-2H3,(H,22,26). The minimum absolute atomic E-state index is 0.0751. The molecule has 1 aliphatic heterocycles. The summed E-state index contributed by atoms with van der Waals surface area (Å²) in [5.74, 6) is 0.0605. The van der Waals surface area contributed by atoms with Gasteiger partial charge >= 0.3 is 0 Å². The molecular formula is C21H20N4O3. The molecule has 1 N–H and O–H groups in total. The number of hydrogen-bond donors (Lipinski definition) is 1. The van der Waals surface area contributed by atoms with E-state index in [0.717, 1.165) is 11.4 Å². The molecule has 28 heavy (non-hydrogen) atoms. The Morgan fingerprint density at radius 2 is 1.82 bits per heavy atom. The van der Waals surface area contributed by atoms with Crippen LogP contribution in [0, 0.1) is 13.8 Å². The molecule has 1 aliphatic rings. The first-order chi connectivity index (χ1) is 13.5. The summed E-state index contributed by atoms with van der Waals surface area (Å²) in [5.41, 5.74) is 3.71. The summed E-state index contributed by atoms with van der Waals surface area (Å²) >= 11 is 0. The number of anilines is 2. The summed E-state index contributed by atoms with van der Waals surface area (Å²) in [4.78, 5) is 26.4. The Balaban J connectivity index is 1.55. The Kier molecular flexibility index (Phi) is 4.57. The monoisotopic (exact) mass is 376 g/mol. The highest BCUT2D eigenvalue weighted by molar-refractivity contribution is 6.05. The van der Waals surface area contributed by atoms with Crippen molar-refractivity contribution in [3.05, 3.63) is 66.0 Å². The lowest BCUT2D eigenvalue weighted by Gasteiger charge is -2.28. The van der Waals surface area contributed by atoms with Gasteiger partial charge in [0.05, 0.1) is 28.5 Å². The number of carbonyl (C=O) groups excluding carboxylic acids is 2. The van der Waals surface area contributed by atoms with Gasteiger partial charge in [0.2, 0.25) is 5.91 Å². The number of para-hydroxylation sites is 3. The molecule has 7 heteroatoms. The molecule has 0 atom stereocenters. The molecule has 2 amide bonds. The van der Waals surface area contributed by atoms with Crippen molar-refractivity contribution in [1.29, 1.82) is 0 Å². The van der Waals surface area contributed by atoms with Gasteiger partial charge in [-0.3, -0.25) is 14.5 Å². The van der Waals surface area contributed by atoms with E-state index in [4.69, 9.17) is 4.74 Å². The predicted molar refractivity (Wildman–Crippen MR) is 106 cm³/mol. The molecule has 0 spiro atoms. The van der Waals surface area contributed by atoms with Crippen LogP contribution in [0.5, 0.6) is 5.75 Å². The van der Waals surface area contributed by atoms with E-state index in [1.54, 1.807) is 16.8 Å². The number of carbonyl (C=O) groups is 2. The zero-order chi connectivity index (χ0) is 19.7. The van der Waals surface area contributed by atoms with Gasteiger partial charge in [0.15, 0.2) is 6.61 Å². The average molecular weight is 376 g/mol. The molecule has 3 aromatic rings. The fraction of sp³-hybridized carbons (Fsp3) is 0.190. The number of amides is 2. The lowest BCUT2D eigenvalue weighted by molar-refractivity contribution is -0.123. The molecule has 0 unspecified atom stereocenters. The molecule has 4 rings (SSSR count). The largest absolute Gasteiger partial charge is 0.482 e. The number of benzene rings is 2. The molecule has 2 aromatic carbocycles. The number of fused-ring (bicyclic) bond motifs is 1. The normalized spacial score (nSPS) is 13.1. The van der Waals surface area contributed by atoms with Gasteiger partial charge in [0, 0.05) is 0 Å². The van der Waals surface area contributed by atoms with Crippen molar-refractivity contribution >= 4 is 23.2 Å². The molecule has 0 saturated heterocycles. The van der Waals surface area contributed by atoms with Gasteiger partial charge in [0.25, 0.3) is 5.91 Å². The van der Waals surface area contributed by atoms with Crippen LogP contribution in [-0.2, 0) is 9.59 Å². The van der Waals surface area contributed by atoms with Gasteiger partial charge in [-0.05, 0) is 38.1 Å². The number of aryl methyl sites for hydroxylation is 1. The molecule has 7 nitrogen and oxygen atoms in total. The molecule has 0 fully saturated rings. The first-order valence-electron chi connectivity index (χ1n) is 8.98. The summed E-state index contributed by atoms with van der Waals surface area (Å²) < 4.78 is 7.21. The van der Waals surface area contributed by atoms with Crippen molar-refractivity contribution in [2.24, 2.45) is 0 Å². The second kappa shape index (κ2) is 7.19. The van der Waals surface area contributed by atoms with E-state index in [1.807, 2.05) is 56.3 Å². The number of ether oxygens (including phenoxy) is 1. The quantitative estimate of drug-likeness (QED) is 0.760. The second-order valence-corrected chi connectivity index (χ2v) is 6.58. The first-order valence-corrected chi connectivity index (χ1v) is 8.98. The predicted octanol–water partition coefficient (Wildman–Crippen LogP) is 2.85. The third kappa shape index (κ3) is 3.22. The van der Waals surface area contributed by atoms with Crippen LogP contribution in [0.25, 0.3) is 5.69 Å². The van der Waals surface area contributed by atoms with E-state index < -0.39 is 0 Å². The lowest BCUT2D eigenvalue weighted by Crippen LogP contribution is -2.43. The molecule has 2 heterocycles. The smallest absolute Gasteiger partial charge is 0.265 e. The van der Waals surface area contributed by atoms with Gasteiger partial charge in [0.1, 0.15) is 12.3 Å². The Hall–Kier alpha value is -3.61. The van der Waals surface area contributed by atoms with E-state index in [-0.39, 0.29) is 25.0 Å². The van der Waals surface area contributed by atoms with E-state index in [9.17, 15) is 9.59 Å². The molecular weight excluding hydrogens is 356 g/mol. The van der Waals surface area contributed by atoms with Gasteiger partial charge < -0.3 is 10.1 Å². The fourth-order valence-corrected chi connectivity index (χ4v) is 3.29. The summed E-state index contributed by atoms with van der Waals surface area (Å²) in [5, 5.41) is 7.44. The third-order valence-electron chi connectivity index (χ3n) is 4.67. The van der Waals surface area contributed by atoms with Crippen LogP contribution in [-0.4, -0.2) is 34.7 Å². The fourth-order valence-electron chi connectivity index (χ4n) is 3.29. The third-order valence-corrected chi connectivity index (χ3v) is 4.67. The van der Waals surface area contributed by atoms with E-state index in [1.165, 1.54) is 4.90 Å². The SMILES string of the molecule is Cc1nn(-c2ccccc2)c(C)c1NC(=O)CN1C(=O)COc2ccccc21. The Bertz CT molecular complexity index is 1040. The van der Waals surface area contributed by atoms with Crippen molar-refractivity contribution in [2.75, 3.05) is 23.4 Å². The van der Waals surface area contributed by atoms with Crippen molar-refractivity contribution in [2.45, 2.75) is 13.8 Å². The van der Waals surface area contributed by atoms with Gasteiger partial charge in [-0.2, -0.15) is 5.10 Å².